The van der Waals surface area contributed by atoms with Crippen molar-refractivity contribution in [2.24, 2.45) is 0 Å². The Morgan fingerprint density at radius 3 is 2.90 bits per heavy atom. The van der Waals surface area contributed by atoms with Crippen LogP contribution in [-0.2, 0) is 0 Å². The van der Waals surface area contributed by atoms with Crippen LogP contribution in [0.15, 0.2) is 12.1 Å². The zero-order valence-corrected chi connectivity index (χ0v) is 12.3. The fourth-order valence-electron chi connectivity index (χ4n) is 2.40. The Bertz CT molecular complexity index is 483. The highest BCUT2D eigenvalue weighted by atomic mass is 32.1. The van der Waals surface area contributed by atoms with Gasteiger partial charge in [-0.15, -0.1) is 0 Å². The van der Waals surface area contributed by atoms with E-state index in [1.54, 1.807) is 11.0 Å². The summed E-state index contributed by atoms with van der Waals surface area (Å²) in [6.45, 7) is 4.22. The number of carbonyl (C=O) groups excluding carboxylic acids is 1. The average molecular weight is 297 g/mol. The molecule has 1 atom stereocenters. The summed E-state index contributed by atoms with van der Waals surface area (Å²) in [4.78, 5) is 24.8. The van der Waals surface area contributed by atoms with Gasteiger partial charge in [-0.25, -0.2) is 0 Å². The zero-order chi connectivity index (χ0) is 14.5. The lowest BCUT2D eigenvalue weighted by atomic mass is 10.0. The summed E-state index contributed by atoms with van der Waals surface area (Å²) in [6.07, 6.45) is 3.45. The summed E-state index contributed by atoms with van der Waals surface area (Å²) in [5.74, 6) is -0.113. The fraction of sp³-hybridized carbons (Fsp3) is 0.615. The number of piperidine rings is 1. The monoisotopic (exact) mass is 297 g/mol. The van der Waals surface area contributed by atoms with Crippen molar-refractivity contribution in [2.45, 2.75) is 32.2 Å². The first-order chi connectivity index (χ1) is 9.61. The lowest BCUT2D eigenvalue weighted by Gasteiger charge is -2.29. The number of hydrogen-bond donors (Lipinski definition) is 1. The van der Waals surface area contributed by atoms with E-state index < -0.39 is 4.92 Å². The molecular weight excluding hydrogens is 278 g/mol. The number of carbonyl (C=O) groups is 1. The highest BCUT2D eigenvalue weighted by Crippen LogP contribution is 2.25. The molecule has 0 aliphatic carbocycles. The molecule has 2 heterocycles. The quantitative estimate of drug-likeness (QED) is 0.668. The summed E-state index contributed by atoms with van der Waals surface area (Å²) in [5, 5.41) is 14.1. The van der Waals surface area contributed by atoms with E-state index in [2.05, 4.69) is 5.32 Å². The van der Waals surface area contributed by atoms with Crippen molar-refractivity contribution < 1.29 is 9.72 Å². The standard InChI is InChI=1S/C13H19N3O3S/c1-2-15(9-10-5-3-4-8-14-10)13(17)11-6-7-12(20-11)16(18)19/h6-7,10,14H,2-5,8-9H2,1H3. The Hall–Kier alpha value is -1.47. The Balaban J connectivity index is 2.01. The van der Waals surface area contributed by atoms with E-state index in [1.807, 2.05) is 6.92 Å². The molecule has 0 saturated carbocycles. The van der Waals surface area contributed by atoms with Crippen molar-refractivity contribution in [3.05, 3.63) is 27.1 Å². The normalized spacial score (nSPS) is 18.8. The van der Waals surface area contributed by atoms with Crippen LogP contribution in [0.3, 0.4) is 0 Å². The van der Waals surface area contributed by atoms with Gasteiger partial charge in [0, 0.05) is 25.2 Å². The highest BCUT2D eigenvalue weighted by Gasteiger charge is 2.23. The molecule has 1 fully saturated rings. The minimum absolute atomic E-state index is 0.0141. The van der Waals surface area contributed by atoms with Crippen molar-refractivity contribution in [3.63, 3.8) is 0 Å². The predicted octanol–water partition coefficient (Wildman–Crippen LogP) is 2.26. The topological polar surface area (TPSA) is 75.5 Å². The van der Waals surface area contributed by atoms with E-state index in [9.17, 15) is 14.9 Å². The molecule has 1 aromatic rings. The van der Waals surface area contributed by atoms with E-state index in [0.29, 0.717) is 24.0 Å². The van der Waals surface area contributed by atoms with Gasteiger partial charge in [-0.3, -0.25) is 14.9 Å². The molecule has 6 nitrogen and oxygen atoms in total. The van der Waals surface area contributed by atoms with Gasteiger partial charge >= 0.3 is 5.00 Å². The van der Waals surface area contributed by atoms with Gasteiger partial charge in [0.05, 0.1) is 9.80 Å². The van der Waals surface area contributed by atoms with Crippen LogP contribution in [-0.4, -0.2) is 41.4 Å². The second kappa shape index (κ2) is 6.81. The maximum Gasteiger partial charge on any atom is 0.324 e. The number of thiophene rings is 1. The average Bonchev–Trinajstić information content (AvgIpc) is 2.95. The van der Waals surface area contributed by atoms with Gasteiger partial charge in [0.2, 0.25) is 0 Å². The van der Waals surface area contributed by atoms with Gasteiger partial charge in [0.15, 0.2) is 0 Å². The summed E-state index contributed by atoms with van der Waals surface area (Å²) in [6, 6.07) is 3.27. The molecule has 0 bridgehead atoms. The van der Waals surface area contributed by atoms with Crippen LogP contribution in [0, 0.1) is 10.1 Å². The van der Waals surface area contributed by atoms with Crippen LogP contribution in [0.2, 0.25) is 0 Å². The molecule has 110 valence electrons. The molecule has 1 aliphatic heterocycles. The molecule has 0 spiro atoms. The highest BCUT2D eigenvalue weighted by molar-refractivity contribution is 7.17. The van der Waals surface area contributed by atoms with Crippen molar-refractivity contribution in [1.82, 2.24) is 10.2 Å². The first-order valence-electron chi connectivity index (χ1n) is 6.88. The lowest BCUT2D eigenvalue weighted by Crippen LogP contribution is -2.45. The molecule has 1 unspecified atom stereocenters. The summed E-state index contributed by atoms with van der Waals surface area (Å²) in [5.41, 5.74) is 0. The number of hydrogen-bond acceptors (Lipinski definition) is 5. The fourth-order valence-corrected chi connectivity index (χ4v) is 3.19. The second-order valence-electron chi connectivity index (χ2n) is 4.89. The van der Waals surface area contributed by atoms with Crippen LogP contribution < -0.4 is 5.32 Å². The third-order valence-corrected chi connectivity index (χ3v) is 4.53. The Kier molecular flexibility index (Phi) is 5.08. The van der Waals surface area contributed by atoms with Crippen molar-refractivity contribution in [2.75, 3.05) is 19.6 Å². The molecule has 1 saturated heterocycles. The third kappa shape index (κ3) is 3.55. The molecule has 0 aromatic carbocycles. The largest absolute Gasteiger partial charge is 0.337 e. The number of nitro groups is 1. The van der Waals surface area contributed by atoms with Crippen molar-refractivity contribution >= 4 is 22.2 Å². The minimum Gasteiger partial charge on any atom is -0.337 e. The van der Waals surface area contributed by atoms with Crippen molar-refractivity contribution in [1.29, 1.82) is 0 Å². The van der Waals surface area contributed by atoms with Crippen LogP contribution in [0.5, 0.6) is 0 Å². The number of rotatable bonds is 5. The Labute approximate surface area is 121 Å². The zero-order valence-electron chi connectivity index (χ0n) is 11.5. The van der Waals surface area contributed by atoms with E-state index in [0.717, 1.165) is 24.3 Å². The summed E-state index contributed by atoms with van der Waals surface area (Å²) < 4.78 is 0. The van der Waals surface area contributed by atoms with E-state index in [4.69, 9.17) is 0 Å². The Morgan fingerprint density at radius 2 is 2.35 bits per heavy atom. The SMILES string of the molecule is CCN(CC1CCCCN1)C(=O)c1ccc([N+](=O)[O-])s1. The molecule has 7 heteroatoms. The number of nitrogens with one attached hydrogen (secondary N) is 1. The predicted molar refractivity (Wildman–Crippen MR) is 78.2 cm³/mol. The van der Waals surface area contributed by atoms with Crippen molar-refractivity contribution in [3.8, 4) is 0 Å². The minimum atomic E-state index is -0.458. The van der Waals surface area contributed by atoms with Gasteiger partial charge in [-0.1, -0.05) is 17.8 Å². The molecule has 20 heavy (non-hydrogen) atoms. The molecular formula is C13H19N3O3S. The Morgan fingerprint density at radius 1 is 1.55 bits per heavy atom. The van der Waals surface area contributed by atoms with Gasteiger partial charge in [0.25, 0.3) is 5.91 Å². The smallest absolute Gasteiger partial charge is 0.324 e. The summed E-state index contributed by atoms with van der Waals surface area (Å²) >= 11 is 0.944. The molecule has 2 rings (SSSR count). The van der Waals surface area contributed by atoms with Gasteiger partial charge in [-0.2, -0.15) is 0 Å². The van der Waals surface area contributed by atoms with Gasteiger partial charge < -0.3 is 10.2 Å². The number of nitrogens with zero attached hydrogens (tertiary/aromatic N) is 2. The summed E-state index contributed by atoms with van der Waals surface area (Å²) in [7, 11) is 0. The van der Waals surface area contributed by atoms with Gasteiger partial charge in [-0.05, 0) is 32.4 Å². The van der Waals surface area contributed by atoms with Crippen LogP contribution >= 0.6 is 11.3 Å². The first kappa shape index (κ1) is 14.9. The molecule has 1 aliphatic rings. The number of amides is 1. The maximum absolute atomic E-state index is 12.4. The first-order valence-corrected chi connectivity index (χ1v) is 7.70. The molecule has 1 N–H and O–H groups in total. The molecule has 1 aromatic heterocycles. The van der Waals surface area contributed by atoms with E-state index >= 15 is 0 Å². The lowest BCUT2D eigenvalue weighted by molar-refractivity contribution is -0.380. The maximum atomic E-state index is 12.4. The second-order valence-corrected chi connectivity index (χ2v) is 5.95. The van der Waals surface area contributed by atoms with Crippen LogP contribution in [0.1, 0.15) is 35.9 Å². The van der Waals surface area contributed by atoms with Gasteiger partial charge in [0.1, 0.15) is 0 Å². The van der Waals surface area contributed by atoms with Crippen LogP contribution in [0.25, 0.3) is 0 Å². The third-order valence-electron chi connectivity index (χ3n) is 3.50. The molecule has 0 radical (unpaired) electrons. The molecule has 1 amide bonds. The van der Waals surface area contributed by atoms with E-state index in [-0.39, 0.29) is 10.9 Å². The number of likely N-dealkylation sites (N-methyl/N-ethyl adjacent to an activating group) is 1. The van der Waals surface area contributed by atoms with E-state index in [1.165, 1.54) is 18.9 Å². The van der Waals surface area contributed by atoms with Crippen LogP contribution in [0.4, 0.5) is 5.00 Å².